The van der Waals surface area contributed by atoms with Gasteiger partial charge in [0.05, 0.1) is 6.26 Å². The van der Waals surface area contributed by atoms with E-state index in [1.165, 1.54) is 19.3 Å². The highest BCUT2D eigenvalue weighted by Crippen LogP contribution is 2.68. The molecule has 3 fully saturated rings. The minimum absolute atomic E-state index is 0.329. The molecule has 0 radical (unpaired) electrons. The average Bonchev–Trinajstić information content (AvgIpc) is 3.04. The average molecular weight is 313 g/mol. The number of rotatable bonds is 4. The van der Waals surface area contributed by atoms with Gasteiger partial charge in [0.25, 0.3) is 0 Å². The summed E-state index contributed by atoms with van der Waals surface area (Å²) in [4.78, 5) is 12.3. The predicted octanol–water partition coefficient (Wildman–Crippen LogP) is 4.10. The third kappa shape index (κ3) is 2.45. The Morgan fingerprint density at radius 3 is 2.91 bits per heavy atom. The molecule has 3 heteroatoms. The first-order valence-electron chi connectivity index (χ1n) is 9.01. The van der Waals surface area contributed by atoms with E-state index in [1.807, 2.05) is 6.07 Å². The molecule has 1 heterocycles. The van der Waals surface area contributed by atoms with Crippen LogP contribution >= 0.6 is 0 Å². The number of furan rings is 1. The normalized spacial score (nSPS) is 36.9. The Morgan fingerprint density at radius 1 is 1.39 bits per heavy atom. The van der Waals surface area contributed by atoms with Gasteiger partial charge in [0.1, 0.15) is 5.76 Å². The molecule has 4 rings (SSSR count). The second-order valence-electron chi connectivity index (χ2n) is 8.30. The van der Waals surface area contributed by atoms with Gasteiger partial charge in [0, 0.05) is 30.2 Å². The SMILES string of the molecule is CC(N[C@@H]1CCC[C@H]1Cc1ccco1)=C1C(=O)C[C@@H]2[C@@H]1C2(C)C. The smallest absolute Gasteiger partial charge is 0.161 e. The van der Waals surface area contributed by atoms with Crippen LogP contribution < -0.4 is 5.32 Å². The monoisotopic (exact) mass is 313 g/mol. The molecule has 3 nitrogen and oxygen atoms in total. The van der Waals surface area contributed by atoms with E-state index in [4.69, 9.17) is 4.42 Å². The maximum absolute atomic E-state index is 12.3. The van der Waals surface area contributed by atoms with Gasteiger partial charge in [-0.25, -0.2) is 0 Å². The quantitative estimate of drug-likeness (QED) is 0.851. The van der Waals surface area contributed by atoms with Gasteiger partial charge < -0.3 is 9.73 Å². The van der Waals surface area contributed by atoms with Crippen molar-refractivity contribution in [2.75, 3.05) is 0 Å². The number of hydrogen-bond acceptors (Lipinski definition) is 3. The molecule has 4 atom stereocenters. The van der Waals surface area contributed by atoms with Crippen LogP contribution in [0.2, 0.25) is 0 Å². The summed E-state index contributed by atoms with van der Waals surface area (Å²) < 4.78 is 5.52. The van der Waals surface area contributed by atoms with E-state index in [0.717, 1.165) is 29.9 Å². The summed E-state index contributed by atoms with van der Waals surface area (Å²) in [5.41, 5.74) is 2.57. The fourth-order valence-electron chi connectivity index (χ4n) is 5.14. The number of Topliss-reactive ketones (excluding diaryl/α,β-unsaturated/α-hetero) is 1. The van der Waals surface area contributed by atoms with Crippen molar-refractivity contribution in [1.82, 2.24) is 5.32 Å². The third-order valence-electron chi connectivity index (χ3n) is 6.58. The number of nitrogens with one attached hydrogen (secondary N) is 1. The zero-order valence-electron chi connectivity index (χ0n) is 14.4. The van der Waals surface area contributed by atoms with Crippen LogP contribution in [-0.2, 0) is 11.2 Å². The van der Waals surface area contributed by atoms with Gasteiger partial charge in [-0.05, 0) is 55.1 Å². The lowest BCUT2D eigenvalue weighted by Gasteiger charge is -2.23. The van der Waals surface area contributed by atoms with Crippen LogP contribution in [0.25, 0.3) is 0 Å². The highest BCUT2D eigenvalue weighted by molar-refractivity contribution is 6.01. The Balaban J connectivity index is 1.48. The minimum Gasteiger partial charge on any atom is -0.469 e. The maximum Gasteiger partial charge on any atom is 0.161 e. The number of carbonyl (C=O) groups excluding carboxylic acids is 1. The summed E-state index contributed by atoms with van der Waals surface area (Å²) in [6, 6.07) is 4.51. The molecule has 1 aromatic heterocycles. The molecule has 0 aliphatic heterocycles. The van der Waals surface area contributed by atoms with E-state index in [1.54, 1.807) is 6.26 Å². The standard InChI is InChI=1S/C20H27NO2/c1-12(18-17(22)11-15-19(18)20(15,2)3)21-16-8-4-6-13(16)10-14-7-5-9-23-14/h5,7,9,13,15-16,19,21H,4,6,8,10-11H2,1-3H3/t13-,15+,16+,19-/m0/s1. The molecular formula is C20H27NO2. The molecule has 3 aliphatic carbocycles. The molecule has 1 aromatic rings. The Morgan fingerprint density at radius 2 is 2.22 bits per heavy atom. The van der Waals surface area contributed by atoms with E-state index in [9.17, 15) is 4.79 Å². The van der Waals surface area contributed by atoms with Gasteiger partial charge in [-0.3, -0.25) is 4.79 Å². The molecule has 0 amide bonds. The fourth-order valence-corrected chi connectivity index (χ4v) is 5.14. The van der Waals surface area contributed by atoms with Gasteiger partial charge >= 0.3 is 0 Å². The summed E-state index contributed by atoms with van der Waals surface area (Å²) in [7, 11) is 0. The first-order chi connectivity index (χ1) is 11.0. The second kappa shape index (κ2) is 5.25. The van der Waals surface area contributed by atoms with Crippen molar-refractivity contribution in [2.45, 2.75) is 58.9 Å². The first-order valence-corrected chi connectivity index (χ1v) is 9.01. The fraction of sp³-hybridized carbons (Fsp3) is 0.650. The van der Waals surface area contributed by atoms with Crippen molar-refractivity contribution in [3.8, 4) is 0 Å². The van der Waals surface area contributed by atoms with Gasteiger partial charge in [-0.15, -0.1) is 0 Å². The molecule has 0 bridgehead atoms. The summed E-state index contributed by atoms with van der Waals surface area (Å²) >= 11 is 0. The molecule has 0 unspecified atom stereocenters. The largest absolute Gasteiger partial charge is 0.469 e. The first kappa shape index (κ1) is 15.0. The number of ketones is 1. The lowest BCUT2D eigenvalue weighted by atomic mass is 9.94. The Kier molecular flexibility index (Phi) is 3.44. The van der Waals surface area contributed by atoms with Crippen LogP contribution in [0.1, 0.15) is 52.2 Å². The molecule has 124 valence electrons. The van der Waals surface area contributed by atoms with Crippen LogP contribution in [0.4, 0.5) is 0 Å². The van der Waals surface area contributed by atoms with E-state index in [2.05, 4.69) is 32.2 Å². The van der Waals surface area contributed by atoms with E-state index < -0.39 is 0 Å². The van der Waals surface area contributed by atoms with E-state index in [0.29, 0.717) is 35.0 Å². The molecule has 3 saturated carbocycles. The topological polar surface area (TPSA) is 42.2 Å². The minimum atomic E-state index is 0.329. The Bertz CT molecular complexity index is 641. The van der Waals surface area contributed by atoms with E-state index in [-0.39, 0.29) is 0 Å². The van der Waals surface area contributed by atoms with Gasteiger partial charge in [0.2, 0.25) is 0 Å². The Labute approximate surface area is 138 Å². The van der Waals surface area contributed by atoms with Crippen LogP contribution in [-0.4, -0.2) is 11.8 Å². The zero-order chi connectivity index (χ0) is 16.2. The zero-order valence-corrected chi connectivity index (χ0v) is 14.4. The van der Waals surface area contributed by atoms with Crippen molar-refractivity contribution >= 4 is 5.78 Å². The molecule has 0 spiro atoms. The highest BCUT2D eigenvalue weighted by atomic mass is 16.3. The number of allylic oxidation sites excluding steroid dienone is 2. The summed E-state index contributed by atoms with van der Waals surface area (Å²) in [6.45, 7) is 6.72. The van der Waals surface area contributed by atoms with Crippen LogP contribution in [0.5, 0.6) is 0 Å². The molecule has 0 aromatic carbocycles. The molecule has 3 aliphatic rings. The van der Waals surface area contributed by atoms with Crippen LogP contribution in [0.3, 0.4) is 0 Å². The van der Waals surface area contributed by atoms with Crippen LogP contribution in [0, 0.1) is 23.2 Å². The van der Waals surface area contributed by atoms with Gasteiger partial charge in [-0.1, -0.05) is 20.3 Å². The molecular weight excluding hydrogens is 286 g/mol. The number of carbonyl (C=O) groups is 1. The third-order valence-corrected chi connectivity index (χ3v) is 6.58. The summed E-state index contributed by atoms with van der Waals surface area (Å²) in [5, 5.41) is 3.73. The second-order valence-corrected chi connectivity index (χ2v) is 8.30. The molecule has 23 heavy (non-hydrogen) atoms. The Hall–Kier alpha value is -1.51. The lowest BCUT2D eigenvalue weighted by Crippen LogP contribution is -2.33. The maximum atomic E-state index is 12.3. The van der Waals surface area contributed by atoms with Crippen LogP contribution in [0.15, 0.2) is 34.1 Å². The number of hydrogen-bond donors (Lipinski definition) is 1. The molecule has 1 N–H and O–H groups in total. The van der Waals surface area contributed by atoms with Crippen molar-refractivity contribution in [3.63, 3.8) is 0 Å². The predicted molar refractivity (Wildman–Crippen MR) is 89.8 cm³/mol. The van der Waals surface area contributed by atoms with Gasteiger partial charge in [0.15, 0.2) is 5.78 Å². The van der Waals surface area contributed by atoms with E-state index >= 15 is 0 Å². The summed E-state index contributed by atoms with van der Waals surface area (Å²) in [5.74, 6) is 3.15. The number of fused-ring (bicyclic) bond motifs is 1. The highest BCUT2D eigenvalue weighted by Gasteiger charge is 2.65. The summed E-state index contributed by atoms with van der Waals surface area (Å²) in [6.07, 6.45) is 7.21. The van der Waals surface area contributed by atoms with Crippen molar-refractivity contribution in [2.24, 2.45) is 23.2 Å². The van der Waals surface area contributed by atoms with Crippen molar-refractivity contribution < 1.29 is 9.21 Å². The van der Waals surface area contributed by atoms with Gasteiger partial charge in [-0.2, -0.15) is 0 Å². The van der Waals surface area contributed by atoms with Crippen molar-refractivity contribution in [3.05, 3.63) is 35.4 Å². The molecule has 0 saturated heterocycles. The van der Waals surface area contributed by atoms with Crippen molar-refractivity contribution in [1.29, 1.82) is 0 Å². The lowest BCUT2D eigenvalue weighted by molar-refractivity contribution is -0.115.